The first-order valence-corrected chi connectivity index (χ1v) is 10.1. The van der Waals surface area contributed by atoms with E-state index in [2.05, 4.69) is 5.32 Å². The molecule has 0 radical (unpaired) electrons. The number of rotatable bonds is 7. The van der Waals surface area contributed by atoms with Crippen LogP contribution in [0.4, 0.5) is 5.69 Å². The van der Waals surface area contributed by atoms with Crippen LogP contribution in [0.25, 0.3) is 0 Å². The minimum Gasteiger partial charge on any atom is -0.348 e. The summed E-state index contributed by atoms with van der Waals surface area (Å²) in [5, 5.41) is 2.86. The van der Waals surface area contributed by atoms with Crippen molar-refractivity contribution in [2.45, 2.75) is 26.3 Å². The van der Waals surface area contributed by atoms with Crippen molar-refractivity contribution in [1.82, 2.24) is 5.32 Å². The average Bonchev–Trinajstić information content (AvgIpc) is 2.59. The second-order valence-corrected chi connectivity index (χ2v) is 7.86. The van der Waals surface area contributed by atoms with Crippen LogP contribution in [0.1, 0.15) is 31.0 Å². The number of anilines is 1. The molecule has 1 N–H and O–H groups in total. The summed E-state index contributed by atoms with van der Waals surface area (Å²) in [6.45, 7) is 3.59. The number of sulfonamides is 1. The van der Waals surface area contributed by atoms with Crippen molar-refractivity contribution >= 4 is 21.6 Å². The van der Waals surface area contributed by atoms with Gasteiger partial charge in [0.25, 0.3) is 0 Å². The van der Waals surface area contributed by atoms with Crippen molar-refractivity contribution < 1.29 is 13.2 Å². The quantitative estimate of drug-likeness (QED) is 0.826. The Balaban J connectivity index is 2.19. The molecule has 0 fully saturated rings. The number of para-hydroxylation sites is 1. The van der Waals surface area contributed by atoms with Gasteiger partial charge >= 0.3 is 0 Å². The van der Waals surface area contributed by atoms with E-state index in [1.807, 2.05) is 56.3 Å². The zero-order valence-corrected chi connectivity index (χ0v) is 15.6. The van der Waals surface area contributed by atoms with Crippen LogP contribution < -0.4 is 9.62 Å². The largest absolute Gasteiger partial charge is 0.348 e. The number of hydrogen-bond acceptors (Lipinski definition) is 3. The van der Waals surface area contributed by atoms with E-state index in [9.17, 15) is 13.2 Å². The minimum absolute atomic E-state index is 0.198. The molecule has 0 aliphatic carbocycles. The lowest BCUT2D eigenvalue weighted by Gasteiger charge is -2.25. The molecule has 0 aromatic heterocycles. The fraction of sp³-hybridized carbons (Fsp3) is 0.316. The van der Waals surface area contributed by atoms with Gasteiger partial charge in [0.2, 0.25) is 15.9 Å². The molecular weight excluding hydrogens is 336 g/mol. The van der Waals surface area contributed by atoms with Gasteiger partial charge in [-0.15, -0.1) is 0 Å². The summed E-state index contributed by atoms with van der Waals surface area (Å²) in [6, 6.07) is 16.6. The molecule has 5 nitrogen and oxygen atoms in total. The Bertz CT molecular complexity index is 820. The lowest BCUT2D eigenvalue weighted by Crippen LogP contribution is -2.41. The summed E-state index contributed by atoms with van der Waals surface area (Å²) < 4.78 is 25.6. The Hall–Kier alpha value is -2.34. The number of hydrogen-bond donors (Lipinski definition) is 1. The second kappa shape index (κ2) is 8.16. The first kappa shape index (κ1) is 19.0. The molecule has 2 aromatic carbocycles. The predicted octanol–water partition coefficient (Wildman–Crippen LogP) is 2.89. The molecule has 2 rings (SSSR count). The van der Waals surface area contributed by atoms with Crippen molar-refractivity contribution in [3.05, 3.63) is 65.7 Å². The third-order valence-electron chi connectivity index (χ3n) is 4.01. The summed E-state index contributed by atoms with van der Waals surface area (Å²) in [6.07, 6.45) is 1.80. The van der Waals surface area contributed by atoms with Gasteiger partial charge in [0, 0.05) is 0 Å². The maximum atomic E-state index is 12.4. The zero-order chi connectivity index (χ0) is 18.4. The number of carbonyl (C=O) groups excluding carboxylic acids is 1. The molecule has 0 saturated carbocycles. The van der Waals surface area contributed by atoms with E-state index in [4.69, 9.17) is 0 Å². The van der Waals surface area contributed by atoms with Gasteiger partial charge < -0.3 is 5.32 Å². The molecule has 0 heterocycles. The van der Waals surface area contributed by atoms with Crippen LogP contribution in [0, 0.1) is 0 Å². The van der Waals surface area contributed by atoms with Crippen molar-refractivity contribution in [2.75, 3.05) is 17.1 Å². The van der Waals surface area contributed by atoms with Crippen LogP contribution in [0.3, 0.4) is 0 Å². The molecule has 1 amide bonds. The Labute approximate surface area is 149 Å². The van der Waals surface area contributed by atoms with Crippen molar-refractivity contribution in [3.63, 3.8) is 0 Å². The number of amides is 1. The highest BCUT2D eigenvalue weighted by Gasteiger charge is 2.23. The summed E-state index contributed by atoms with van der Waals surface area (Å²) >= 11 is 0. The lowest BCUT2D eigenvalue weighted by atomic mass is 10.1. The third-order valence-corrected chi connectivity index (χ3v) is 5.13. The molecular formula is C19H24N2O3S. The number of carbonyl (C=O) groups is 1. The average molecular weight is 360 g/mol. The van der Waals surface area contributed by atoms with Crippen LogP contribution in [-0.4, -0.2) is 27.1 Å². The minimum atomic E-state index is -3.57. The number of aryl methyl sites for hydroxylation is 1. The van der Waals surface area contributed by atoms with E-state index in [0.29, 0.717) is 12.1 Å². The summed E-state index contributed by atoms with van der Waals surface area (Å²) in [5.41, 5.74) is 2.41. The van der Waals surface area contributed by atoms with E-state index in [1.165, 1.54) is 4.31 Å². The van der Waals surface area contributed by atoms with Gasteiger partial charge in [-0.3, -0.25) is 9.10 Å². The van der Waals surface area contributed by atoms with Crippen LogP contribution in [0.2, 0.25) is 0 Å². The van der Waals surface area contributed by atoms with Crippen molar-refractivity contribution in [1.29, 1.82) is 0 Å². The number of nitrogens with one attached hydrogen (secondary N) is 1. The molecule has 134 valence electrons. The second-order valence-electron chi connectivity index (χ2n) is 5.95. The first-order valence-electron chi connectivity index (χ1n) is 8.23. The van der Waals surface area contributed by atoms with Gasteiger partial charge in [-0.25, -0.2) is 8.42 Å². The highest BCUT2D eigenvalue weighted by molar-refractivity contribution is 7.92. The van der Waals surface area contributed by atoms with Gasteiger partial charge in [0.05, 0.1) is 18.0 Å². The molecule has 2 aromatic rings. The summed E-state index contributed by atoms with van der Waals surface area (Å²) in [5.74, 6) is -0.340. The highest BCUT2D eigenvalue weighted by Crippen LogP contribution is 2.23. The molecule has 0 unspecified atom stereocenters. The van der Waals surface area contributed by atoms with Crippen LogP contribution in [-0.2, 0) is 21.2 Å². The maximum absolute atomic E-state index is 12.4. The highest BCUT2D eigenvalue weighted by atomic mass is 32.2. The fourth-order valence-electron chi connectivity index (χ4n) is 2.68. The Morgan fingerprint density at radius 3 is 2.28 bits per heavy atom. The molecule has 25 heavy (non-hydrogen) atoms. The van der Waals surface area contributed by atoms with Crippen LogP contribution in [0.5, 0.6) is 0 Å². The van der Waals surface area contributed by atoms with Gasteiger partial charge in [-0.2, -0.15) is 0 Å². The molecule has 0 spiro atoms. The van der Waals surface area contributed by atoms with Gasteiger partial charge in [0.15, 0.2) is 0 Å². The third kappa shape index (κ3) is 5.06. The van der Waals surface area contributed by atoms with Crippen molar-refractivity contribution in [3.8, 4) is 0 Å². The maximum Gasteiger partial charge on any atom is 0.241 e. The molecule has 0 aliphatic heterocycles. The SMILES string of the molecule is CCc1ccccc1N(CC(=O)N[C@@H](C)c1ccccc1)S(C)(=O)=O. The molecule has 0 bridgehead atoms. The lowest BCUT2D eigenvalue weighted by molar-refractivity contribution is -0.120. The standard InChI is InChI=1S/C19H24N2O3S/c1-4-16-10-8-9-13-18(16)21(25(3,23)24)14-19(22)20-15(2)17-11-6-5-7-12-17/h5-13,15H,4,14H2,1-3H3,(H,20,22)/t15-/m0/s1. The predicted molar refractivity (Wildman–Crippen MR) is 101 cm³/mol. The Morgan fingerprint density at radius 1 is 1.08 bits per heavy atom. The van der Waals surface area contributed by atoms with Gasteiger partial charge in [0.1, 0.15) is 6.54 Å². The smallest absolute Gasteiger partial charge is 0.241 e. The Morgan fingerprint density at radius 2 is 1.68 bits per heavy atom. The Kier molecular flexibility index (Phi) is 6.20. The molecule has 1 atom stereocenters. The zero-order valence-electron chi connectivity index (χ0n) is 14.8. The summed E-state index contributed by atoms with van der Waals surface area (Å²) in [4.78, 5) is 12.4. The molecule has 0 saturated heterocycles. The van der Waals surface area contributed by atoms with E-state index < -0.39 is 10.0 Å². The van der Waals surface area contributed by atoms with Gasteiger partial charge in [-0.1, -0.05) is 55.5 Å². The number of nitrogens with zero attached hydrogens (tertiary/aromatic N) is 1. The van der Waals surface area contributed by atoms with E-state index in [0.717, 1.165) is 17.4 Å². The van der Waals surface area contributed by atoms with E-state index in [1.54, 1.807) is 12.1 Å². The van der Waals surface area contributed by atoms with Crippen LogP contribution >= 0.6 is 0 Å². The van der Waals surface area contributed by atoms with E-state index in [-0.39, 0.29) is 18.5 Å². The first-order chi connectivity index (χ1) is 11.8. The van der Waals surface area contributed by atoms with Crippen molar-refractivity contribution in [2.24, 2.45) is 0 Å². The van der Waals surface area contributed by atoms with Gasteiger partial charge in [-0.05, 0) is 30.5 Å². The molecule has 0 aliphatic rings. The fourth-order valence-corrected chi connectivity index (χ4v) is 3.56. The normalized spacial score (nSPS) is 12.4. The summed E-state index contributed by atoms with van der Waals surface area (Å²) in [7, 11) is -3.57. The topological polar surface area (TPSA) is 66.5 Å². The molecule has 6 heteroatoms. The monoisotopic (exact) mass is 360 g/mol. The number of benzene rings is 2. The van der Waals surface area contributed by atoms with E-state index >= 15 is 0 Å². The van der Waals surface area contributed by atoms with Crippen LogP contribution in [0.15, 0.2) is 54.6 Å².